The quantitative estimate of drug-likeness (QED) is 0.627. The van der Waals surface area contributed by atoms with Gasteiger partial charge in [0.15, 0.2) is 0 Å². The van der Waals surface area contributed by atoms with Gasteiger partial charge in [-0.1, -0.05) is 24.0 Å². The van der Waals surface area contributed by atoms with Crippen LogP contribution in [0.4, 0.5) is 23.7 Å². The van der Waals surface area contributed by atoms with Crippen molar-refractivity contribution in [2.45, 2.75) is 19.5 Å². The third-order valence-electron chi connectivity index (χ3n) is 4.76. The van der Waals surface area contributed by atoms with Crippen molar-refractivity contribution in [3.63, 3.8) is 0 Å². The van der Waals surface area contributed by atoms with Gasteiger partial charge in [0.2, 0.25) is 5.88 Å². The number of nitrogens with zero attached hydrogens (tertiary/aromatic N) is 4. The van der Waals surface area contributed by atoms with E-state index in [-0.39, 0.29) is 24.8 Å². The number of anilines is 1. The molecular weight excluding hydrogens is 423 g/mol. The number of carbonyl (C=O) groups excluding carboxylic acids is 1. The Morgan fingerprint density at radius 1 is 1.22 bits per heavy atom. The monoisotopic (exact) mass is 441 g/mol. The first kappa shape index (κ1) is 21.2. The summed E-state index contributed by atoms with van der Waals surface area (Å²) in [6.07, 6.45) is 3.85. The van der Waals surface area contributed by atoms with Gasteiger partial charge in [-0.05, 0) is 30.7 Å². The maximum atomic E-state index is 13.5. The number of nitrogens with one attached hydrogen (secondary N) is 1. The van der Waals surface area contributed by atoms with Gasteiger partial charge in [-0.3, -0.25) is 4.90 Å². The van der Waals surface area contributed by atoms with Gasteiger partial charge in [-0.15, -0.1) is 0 Å². The Kier molecular flexibility index (Phi) is 5.98. The number of urea groups is 1. The second-order valence-corrected chi connectivity index (χ2v) is 7.01. The molecule has 1 aliphatic rings. The lowest BCUT2D eigenvalue weighted by Crippen LogP contribution is -2.45. The van der Waals surface area contributed by atoms with E-state index >= 15 is 0 Å². The highest BCUT2D eigenvalue weighted by Crippen LogP contribution is 2.30. The molecule has 0 radical (unpaired) electrons. The van der Waals surface area contributed by atoms with Crippen LogP contribution in [0.15, 0.2) is 48.9 Å². The summed E-state index contributed by atoms with van der Waals surface area (Å²) in [6.45, 7) is -0.433. The standard InChI is InChI=1S/C22H18F3N5O2/c1-14(17-3-2-4-18(23)10-17)28-22(31)29-7-8-32-20-19(29)9-15(11-26-20)5-6-16-12-27-30(13-16)21(24)25/h2-4,9-14,21H,7-8H2,1H3,(H,28,31)/t14-/m0/s1. The third kappa shape index (κ3) is 4.67. The van der Waals surface area contributed by atoms with Crippen molar-refractivity contribution in [3.05, 3.63) is 71.4 Å². The SMILES string of the molecule is C[C@H](NC(=O)N1CCOc2ncc(C#Cc3cnn(C(F)F)c3)cc21)c1cccc(F)c1. The Morgan fingerprint density at radius 2 is 2.03 bits per heavy atom. The van der Waals surface area contributed by atoms with Gasteiger partial charge in [-0.25, -0.2) is 18.9 Å². The van der Waals surface area contributed by atoms with E-state index in [4.69, 9.17) is 4.74 Å². The van der Waals surface area contributed by atoms with Gasteiger partial charge in [0.25, 0.3) is 0 Å². The van der Waals surface area contributed by atoms with Gasteiger partial charge in [0, 0.05) is 18.0 Å². The van der Waals surface area contributed by atoms with Crippen LogP contribution in [0.1, 0.15) is 36.2 Å². The number of hydrogen-bond donors (Lipinski definition) is 1. The molecule has 2 amide bonds. The second-order valence-electron chi connectivity index (χ2n) is 7.01. The Bertz CT molecular complexity index is 1200. The predicted molar refractivity (Wildman–Crippen MR) is 110 cm³/mol. The molecule has 0 saturated heterocycles. The molecule has 3 aromatic rings. The van der Waals surface area contributed by atoms with Crippen LogP contribution in [0.2, 0.25) is 0 Å². The van der Waals surface area contributed by atoms with Gasteiger partial charge in [0.1, 0.15) is 18.1 Å². The summed E-state index contributed by atoms with van der Waals surface area (Å²) in [5.74, 6) is 5.47. The molecule has 10 heteroatoms. The highest BCUT2D eigenvalue weighted by Gasteiger charge is 2.26. The molecule has 1 aromatic carbocycles. The molecule has 1 aliphatic heterocycles. The molecule has 0 unspecified atom stereocenters. The van der Waals surface area contributed by atoms with E-state index in [1.165, 1.54) is 29.4 Å². The van der Waals surface area contributed by atoms with Gasteiger partial charge >= 0.3 is 12.6 Å². The maximum absolute atomic E-state index is 13.5. The molecule has 0 saturated carbocycles. The third-order valence-corrected chi connectivity index (χ3v) is 4.76. The van der Waals surface area contributed by atoms with Crippen LogP contribution in [0, 0.1) is 17.7 Å². The van der Waals surface area contributed by atoms with Crippen molar-refractivity contribution in [1.29, 1.82) is 0 Å². The van der Waals surface area contributed by atoms with Crippen LogP contribution in [0.3, 0.4) is 0 Å². The summed E-state index contributed by atoms with van der Waals surface area (Å²) in [6, 6.07) is 6.83. The summed E-state index contributed by atoms with van der Waals surface area (Å²) in [5.41, 5.74) is 1.84. The first-order valence-corrected chi connectivity index (χ1v) is 9.71. The van der Waals surface area contributed by atoms with Crippen molar-refractivity contribution in [2.24, 2.45) is 0 Å². The highest BCUT2D eigenvalue weighted by molar-refractivity contribution is 5.94. The zero-order chi connectivity index (χ0) is 22.7. The van der Waals surface area contributed by atoms with E-state index in [1.54, 1.807) is 25.1 Å². The number of fused-ring (bicyclic) bond motifs is 1. The number of alkyl halides is 2. The topological polar surface area (TPSA) is 72.3 Å². The van der Waals surface area contributed by atoms with E-state index < -0.39 is 18.6 Å². The molecule has 1 atom stereocenters. The first-order chi connectivity index (χ1) is 15.4. The molecule has 164 valence electrons. The number of benzene rings is 1. The van der Waals surface area contributed by atoms with E-state index in [2.05, 4.69) is 27.2 Å². The molecule has 0 aliphatic carbocycles. The second kappa shape index (κ2) is 9.01. The van der Waals surface area contributed by atoms with Crippen LogP contribution in [-0.2, 0) is 0 Å². The minimum absolute atomic E-state index is 0.263. The van der Waals surface area contributed by atoms with Crippen LogP contribution in [0.5, 0.6) is 5.88 Å². The number of hydrogen-bond acceptors (Lipinski definition) is 4. The normalized spacial score (nSPS) is 13.6. The summed E-state index contributed by atoms with van der Waals surface area (Å²) in [5, 5.41) is 6.38. The zero-order valence-electron chi connectivity index (χ0n) is 16.9. The Morgan fingerprint density at radius 3 is 2.78 bits per heavy atom. The number of ether oxygens (including phenoxy) is 1. The lowest BCUT2D eigenvalue weighted by molar-refractivity contribution is 0.0566. The first-order valence-electron chi connectivity index (χ1n) is 9.71. The molecule has 0 fully saturated rings. The minimum Gasteiger partial charge on any atom is -0.474 e. The average Bonchev–Trinajstić information content (AvgIpc) is 3.26. The van der Waals surface area contributed by atoms with Crippen molar-refractivity contribution in [3.8, 4) is 17.7 Å². The Hall–Kier alpha value is -4.00. The molecule has 2 aromatic heterocycles. The molecule has 1 N–H and O–H groups in total. The van der Waals surface area contributed by atoms with Crippen molar-refractivity contribution in [2.75, 3.05) is 18.1 Å². The Balaban J connectivity index is 1.53. The molecule has 0 spiro atoms. The fourth-order valence-electron chi connectivity index (χ4n) is 3.15. The summed E-state index contributed by atoms with van der Waals surface area (Å²) < 4.78 is 44.8. The lowest BCUT2D eigenvalue weighted by atomic mass is 10.1. The van der Waals surface area contributed by atoms with Gasteiger partial charge in [0.05, 0.1) is 24.3 Å². The fourth-order valence-corrected chi connectivity index (χ4v) is 3.15. The molecular formula is C22H18F3N5O2. The summed E-state index contributed by atoms with van der Waals surface area (Å²) >= 11 is 0. The molecule has 3 heterocycles. The van der Waals surface area contributed by atoms with E-state index in [9.17, 15) is 18.0 Å². The number of rotatable bonds is 3. The number of halogens is 3. The number of pyridine rings is 1. The zero-order valence-corrected chi connectivity index (χ0v) is 16.9. The minimum atomic E-state index is -2.74. The van der Waals surface area contributed by atoms with Gasteiger partial charge < -0.3 is 10.1 Å². The number of carbonyl (C=O) groups is 1. The molecule has 32 heavy (non-hydrogen) atoms. The smallest absolute Gasteiger partial charge is 0.333 e. The van der Waals surface area contributed by atoms with Crippen molar-refractivity contribution < 1.29 is 22.7 Å². The van der Waals surface area contributed by atoms with Crippen LogP contribution >= 0.6 is 0 Å². The van der Waals surface area contributed by atoms with Crippen LogP contribution < -0.4 is 15.0 Å². The highest BCUT2D eigenvalue weighted by atomic mass is 19.3. The average molecular weight is 441 g/mol. The van der Waals surface area contributed by atoms with Crippen LogP contribution in [0.25, 0.3) is 0 Å². The van der Waals surface area contributed by atoms with E-state index in [0.717, 1.165) is 6.20 Å². The predicted octanol–water partition coefficient (Wildman–Crippen LogP) is 3.88. The van der Waals surface area contributed by atoms with E-state index in [0.29, 0.717) is 27.1 Å². The number of aromatic nitrogens is 3. The molecule has 0 bridgehead atoms. The van der Waals surface area contributed by atoms with Gasteiger partial charge in [-0.2, -0.15) is 13.9 Å². The number of amides is 2. The lowest BCUT2D eigenvalue weighted by Gasteiger charge is -2.30. The van der Waals surface area contributed by atoms with Crippen molar-refractivity contribution >= 4 is 11.7 Å². The fraction of sp³-hybridized carbons (Fsp3) is 0.227. The Labute approximate surface area is 181 Å². The van der Waals surface area contributed by atoms with Crippen LogP contribution in [-0.4, -0.2) is 33.9 Å². The molecule has 7 nitrogen and oxygen atoms in total. The van der Waals surface area contributed by atoms with Crippen molar-refractivity contribution in [1.82, 2.24) is 20.1 Å². The summed E-state index contributed by atoms with van der Waals surface area (Å²) in [7, 11) is 0. The maximum Gasteiger partial charge on any atom is 0.333 e. The summed E-state index contributed by atoms with van der Waals surface area (Å²) in [4.78, 5) is 18.6. The largest absolute Gasteiger partial charge is 0.474 e. The molecule has 4 rings (SSSR count). The van der Waals surface area contributed by atoms with E-state index in [1.807, 2.05) is 0 Å².